The summed E-state index contributed by atoms with van der Waals surface area (Å²) in [7, 11) is 0. The van der Waals surface area contributed by atoms with Gasteiger partial charge in [-0.25, -0.2) is 9.67 Å². The van der Waals surface area contributed by atoms with E-state index in [-0.39, 0.29) is 0 Å². The Morgan fingerprint density at radius 3 is 2.56 bits per heavy atom. The molecule has 0 amide bonds. The van der Waals surface area contributed by atoms with Crippen LogP contribution in [0, 0.1) is 13.8 Å². The average molecular weight is 232 g/mol. The van der Waals surface area contributed by atoms with Crippen LogP contribution in [0.1, 0.15) is 17.0 Å². The van der Waals surface area contributed by atoms with Gasteiger partial charge in [-0.2, -0.15) is 5.10 Å². The summed E-state index contributed by atoms with van der Waals surface area (Å²) in [6.45, 7) is 3.94. The Hall–Kier alpha value is -1.75. The van der Waals surface area contributed by atoms with Crippen molar-refractivity contribution in [1.82, 2.24) is 14.8 Å². The lowest BCUT2D eigenvalue weighted by molar-refractivity contribution is 0.806. The molecule has 2 N–H and O–H groups in total. The van der Waals surface area contributed by atoms with Crippen molar-refractivity contribution in [3.8, 4) is 5.82 Å². The molecule has 0 aliphatic carbocycles. The normalized spacial score (nSPS) is 10.4. The van der Waals surface area contributed by atoms with Crippen LogP contribution in [-0.2, 0) is 0 Å². The van der Waals surface area contributed by atoms with Crippen molar-refractivity contribution in [3.63, 3.8) is 0 Å². The third kappa shape index (κ3) is 1.94. The standard InChI is InChI=1S/C11H12N4S/c1-7-5-8(2)15(14-7)10-4-3-9(6-13-10)11(12)16/h3-6H,1-2H3,(H2,12,16). The fourth-order valence-corrected chi connectivity index (χ4v) is 1.64. The number of aryl methyl sites for hydroxylation is 2. The molecule has 0 unspecified atom stereocenters. The molecule has 5 heteroatoms. The van der Waals surface area contributed by atoms with E-state index in [1.807, 2.05) is 32.0 Å². The third-order valence-electron chi connectivity index (χ3n) is 2.26. The Labute approximate surface area is 99.1 Å². The number of hydrogen-bond acceptors (Lipinski definition) is 3. The maximum atomic E-state index is 5.51. The predicted molar refractivity (Wildman–Crippen MR) is 66.7 cm³/mol. The van der Waals surface area contributed by atoms with Crippen LogP contribution < -0.4 is 5.73 Å². The van der Waals surface area contributed by atoms with Gasteiger partial charge in [-0.15, -0.1) is 0 Å². The summed E-state index contributed by atoms with van der Waals surface area (Å²) in [5.41, 5.74) is 8.29. The van der Waals surface area contributed by atoms with Gasteiger partial charge in [0.25, 0.3) is 0 Å². The van der Waals surface area contributed by atoms with Gasteiger partial charge in [0.15, 0.2) is 5.82 Å². The van der Waals surface area contributed by atoms with Gasteiger partial charge in [0.2, 0.25) is 0 Å². The highest BCUT2D eigenvalue weighted by molar-refractivity contribution is 7.80. The van der Waals surface area contributed by atoms with E-state index in [1.54, 1.807) is 10.9 Å². The Morgan fingerprint density at radius 2 is 2.12 bits per heavy atom. The highest BCUT2D eigenvalue weighted by Crippen LogP contribution is 2.10. The average Bonchev–Trinajstić information content (AvgIpc) is 2.58. The molecule has 0 aliphatic heterocycles. The van der Waals surface area contributed by atoms with Crippen molar-refractivity contribution in [3.05, 3.63) is 41.3 Å². The number of hydrogen-bond donors (Lipinski definition) is 1. The van der Waals surface area contributed by atoms with E-state index in [4.69, 9.17) is 18.0 Å². The van der Waals surface area contributed by atoms with Crippen LogP contribution in [-0.4, -0.2) is 19.8 Å². The van der Waals surface area contributed by atoms with Gasteiger partial charge in [-0.1, -0.05) is 12.2 Å². The third-order valence-corrected chi connectivity index (χ3v) is 2.49. The smallest absolute Gasteiger partial charge is 0.153 e. The van der Waals surface area contributed by atoms with Crippen molar-refractivity contribution >= 4 is 17.2 Å². The second kappa shape index (κ2) is 4.02. The first-order valence-corrected chi connectivity index (χ1v) is 5.28. The van der Waals surface area contributed by atoms with E-state index in [2.05, 4.69) is 10.1 Å². The first-order chi connectivity index (χ1) is 7.58. The molecule has 16 heavy (non-hydrogen) atoms. The second-order valence-electron chi connectivity index (χ2n) is 3.61. The summed E-state index contributed by atoms with van der Waals surface area (Å²) in [5.74, 6) is 0.769. The molecule has 0 radical (unpaired) electrons. The molecule has 2 rings (SSSR count). The van der Waals surface area contributed by atoms with Gasteiger partial charge in [0, 0.05) is 17.5 Å². The van der Waals surface area contributed by atoms with Gasteiger partial charge >= 0.3 is 0 Å². The summed E-state index contributed by atoms with van der Waals surface area (Å²) >= 11 is 4.87. The topological polar surface area (TPSA) is 56.7 Å². The van der Waals surface area contributed by atoms with E-state index in [0.29, 0.717) is 4.99 Å². The lowest BCUT2D eigenvalue weighted by atomic mass is 10.3. The molecule has 2 aromatic rings. The van der Waals surface area contributed by atoms with Crippen LogP contribution in [0.2, 0.25) is 0 Å². The zero-order valence-corrected chi connectivity index (χ0v) is 9.95. The molecule has 0 aliphatic rings. The maximum absolute atomic E-state index is 5.51. The highest BCUT2D eigenvalue weighted by atomic mass is 32.1. The highest BCUT2D eigenvalue weighted by Gasteiger charge is 2.05. The van der Waals surface area contributed by atoms with Gasteiger partial charge in [0.1, 0.15) is 4.99 Å². The zero-order chi connectivity index (χ0) is 11.7. The van der Waals surface area contributed by atoms with Gasteiger partial charge in [-0.3, -0.25) is 0 Å². The number of nitrogens with two attached hydrogens (primary N) is 1. The minimum atomic E-state index is 0.354. The van der Waals surface area contributed by atoms with E-state index >= 15 is 0 Å². The van der Waals surface area contributed by atoms with Crippen LogP contribution in [0.15, 0.2) is 24.4 Å². The number of rotatable bonds is 2. The summed E-state index contributed by atoms with van der Waals surface area (Å²) in [4.78, 5) is 4.63. The Kier molecular flexibility index (Phi) is 2.70. The summed E-state index contributed by atoms with van der Waals surface area (Å²) in [6.07, 6.45) is 1.66. The van der Waals surface area contributed by atoms with Crippen molar-refractivity contribution in [2.45, 2.75) is 13.8 Å². The SMILES string of the molecule is Cc1cc(C)n(-c2ccc(C(N)=S)cn2)n1. The fourth-order valence-electron chi connectivity index (χ4n) is 1.52. The van der Waals surface area contributed by atoms with Crippen LogP contribution in [0.3, 0.4) is 0 Å². The van der Waals surface area contributed by atoms with Crippen molar-refractivity contribution in [2.75, 3.05) is 0 Å². The largest absolute Gasteiger partial charge is 0.389 e. The molecule has 0 spiro atoms. The van der Waals surface area contributed by atoms with E-state index < -0.39 is 0 Å². The summed E-state index contributed by atoms with van der Waals surface area (Å²) in [5, 5.41) is 4.35. The van der Waals surface area contributed by atoms with Gasteiger partial charge in [-0.05, 0) is 32.0 Å². The van der Waals surface area contributed by atoms with Crippen molar-refractivity contribution in [1.29, 1.82) is 0 Å². The monoisotopic (exact) mass is 232 g/mol. The number of nitrogens with zero attached hydrogens (tertiary/aromatic N) is 3. The lowest BCUT2D eigenvalue weighted by Gasteiger charge is -2.04. The van der Waals surface area contributed by atoms with Gasteiger partial charge in [0.05, 0.1) is 5.69 Å². The number of aromatic nitrogens is 3. The summed E-state index contributed by atoms with van der Waals surface area (Å²) < 4.78 is 1.79. The molecule has 2 aromatic heterocycles. The molecule has 2 heterocycles. The predicted octanol–water partition coefficient (Wildman–Crippen LogP) is 1.52. The first kappa shape index (κ1) is 10.8. The molecule has 0 saturated carbocycles. The number of thiocarbonyl (C=S) groups is 1. The van der Waals surface area contributed by atoms with Crippen LogP contribution >= 0.6 is 12.2 Å². The van der Waals surface area contributed by atoms with Gasteiger partial charge < -0.3 is 5.73 Å². The summed E-state index contributed by atoms with van der Waals surface area (Å²) in [6, 6.07) is 5.71. The molecular weight excluding hydrogens is 220 g/mol. The molecule has 0 aromatic carbocycles. The Morgan fingerprint density at radius 1 is 1.38 bits per heavy atom. The van der Waals surface area contributed by atoms with Crippen LogP contribution in [0.5, 0.6) is 0 Å². The maximum Gasteiger partial charge on any atom is 0.153 e. The molecular formula is C11H12N4S. The molecule has 0 fully saturated rings. The van der Waals surface area contributed by atoms with E-state index in [9.17, 15) is 0 Å². The number of pyridine rings is 1. The molecule has 0 bridgehead atoms. The molecule has 4 nitrogen and oxygen atoms in total. The fraction of sp³-hybridized carbons (Fsp3) is 0.182. The minimum absolute atomic E-state index is 0.354. The molecule has 0 atom stereocenters. The molecule has 0 saturated heterocycles. The Balaban J connectivity index is 2.42. The second-order valence-corrected chi connectivity index (χ2v) is 4.05. The van der Waals surface area contributed by atoms with Crippen LogP contribution in [0.25, 0.3) is 5.82 Å². The van der Waals surface area contributed by atoms with Crippen molar-refractivity contribution < 1.29 is 0 Å². The molecule has 82 valence electrons. The van der Waals surface area contributed by atoms with E-state index in [0.717, 1.165) is 22.8 Å². The van der Waals surface area contributed by atoms with E-state index in [1.165, 1.54) is 0 Å². The zero-order valence-electron chi connectivity index (χ0n) is 9.14. The Bertz CT molecular complexity index is 527. The van der Waals surface area contributed by atoms with Crippen LogP contribution in [0.4, 0.5) is 0 Å². The van der Waals surface area contributed by atoms with Crippen molar-refractivity contribution in [2.24, 2.45) is 5.73 Å². The lowest BCUT2D eigenvalue weighted by Crippen LogP contribution is -2.10. The quantitative estimate of drug-likeness (QED) is 0.798. The minimum Gasteiger partial charge on any atom is -0.389 e. The first-order valence-electron chi connectivity index (χ1n) is 4.87.